The van der Waals surface area contributed by atoms with Gasteiger partial charge in [0.1, 0.15) is 11.5 Å². The number of hydrogen-bond donors (Lipinski definition) is 0. The highest BCUT2D eigenvalue weighted by Gasteiger charge is 2.42. The summed E-state index contributed by atoms with van der Waals surface area (Å²) < 4.78 is 11.4. The highest BCUT2D eigenvalue weighted by Crippen LogP contribution is 2.41. The van der Waals surface area contributed by atoms with E-state index in [2.05, 4.69) is 0 Å². The third-order valence-corrected chi connectivity index (χ3v) is 5.80. The molecule has 0 N–H and O–H groups in total. The molecule has 114 valence electrons. The topological polar surface area (TPSA) is 35.5 Å². The average molecular weight is 306 g/mol. The van der Waals surface area contributed by atoms with Gasteiger partial charge in [-0.25, -0.2) is 0 Å². The van der Waals surface area contributed by atoms with Crippen molar-refractivity contribution in [3.63, 3.8) is 0 Å². The van der Waals surface area contributed by atoms with Crippen LogP contribution in [-0.2, 0) is 16.0 Å². The Bertz CT molecular complexity index is 509. The molecule has 3 rings (SSSR count). The summed E-state index contributed by atoms with van der Waals surface area (Å²) in [6.45, 7) is 0.725. The molecule has 0 radical (unpaired) electrons. The Labute approximate surface area is 130 Å². The first-order chi connectivity index (χ1) is 10.2. The second-order valence-corrected chi connectivity index (χ2v) is 7.08. The number of benzene rings is 1. The van der Waals surface area contributed by atoms with Crippen molar-refractivity contribution in [2.24, 2.45) is 5.92 Å². The van der Waals surface area contributed by atoms with Gasteiger partial charge < -0.3 is 9.47 Å². The Kier molecular flexibility index (Phi) is 4.55. The lowest BCUT2D eigenvalue weighted by Crippen LogP contribution is -2.42. The first-order valence-corrected chi connectivity index (χ1v) is 8.74. The van der Waals surface area contributed by atoms with Gasteiger partial charge in [-0.1, -0.05) is 18.2 Å². The third kappa shape index (κ3) is 3.27. The number of Topliss-reactive ketones (excluding diaryl/α,β-unsaturated/α-hetero) is 1. The summed E-state index contributed by atoms with van der Waals surface area (Å²) in [5.41, 5.74) is 0.968. The largest absolute Gasteiger partial charge is 0.496 e. The molecule has 2 unspecified atom stereocenters. The molecule has 4 heteroatoms. The van der Waals surface area contributed by atoms with Crippen LogP contribution < -0.4 is 4.74 Å². The Hall–Kier alpha value is -1.00. The molecule has 3 nitrogen and oxygen atoms in total. The van der Waals surface area contributed by atoms with Crippen LogP contribution in [0.5, 0.6) is 5.75 Å². The third-order valence-electron chi connectivity index (χ3n) is 4.57. The smallest absolute Gasteiger partial charge is 0.140 e. The first kappa shape index (κ1) is 14.9. The fourth-order valence-electron chi connectivity index (χ4n) is 3.35. The Morgan fingerprint density at radius 2 is 2.33 bits per heavy atom. The van der Waals surface area contributed by atoms with Gasteiger partial charge in [-0.05, 0) is 31.1 Å². The molecule has 0 aliphatic carbocycles. The van der Waals surface area contributed by atoms with E-state index in [1.165, 1.54) is 0 Å². The van der Waals surface area contributed by atoms with Gasteiger partial charge in [0.15, 0.2) is 0 Å². The Morgan fingerprint density at radius 1 is 1.48 bits per heavy atom. The van der Waals surface area contributed by atoms with Crippen LogP contribution in [0.15, 0.2) is 24.3 Å². The molecule has 1 aromatic carbocycles. The van der Waals surface area contributed by atoms with Crippen molar-refractivity contribution in [3.05, 3.63) is 29.8 Å². The number of thioether (sulfide) groups is 1. The lowest BCUT2D eigenvalue weighted by atomic mass is 9.81. The number of ketones is 1. The fourth-order valence-corrected chi connectivity index (χ4v) is 4.73. The van der Waals surface area contributed by atoms with E-state index in [9.17, 15) is 4.79 Å². The summed E-state index contributed by atoms with van der Waals surface area (Å²) in [5.74, 6) is 3.49. The molecule has 2 atom stereocenters. The van der Waals surface area contributed by atoms with Crippen LogP contribution in [0.3, 0.4) is 0 Å². The zero-order chi connectivity index (χ0) is 14.7. The van der Waals surface area contributed by atoms with Crippen molar-refractivity contribution in [2.45, 2.75) is 31.3 Å². The number of para-hydroxylation sites is 1. The maximum Gasteiger partial charge on any atom is 0.140 e. The second kappa shape index (κ2) is 6.41. The van der Waals surface area contributed by atoms with Crippen molar-refractivity contribution in [1.82, 2.24) is 0 Å². The number of carbonyl (C=O) groups excluding carboxylic acids is 1. The molecular weight excluding hydrogens is 284 g/mol. The molecule has 0 aromatic heterocycles. The predicted molar refractivity (Wildman–Crippen MR) is 85.1 cm³/mol. The molecule has 2 heterocycles. The average Bonchev–Trinajstić information content (AvgIpc) is 2.95. The van der Waals surface area contributed by atoms with Crippen LogP contribution >= 0.6 is 11.8 Å². The molecule has 2 aliphatic rings. The van der Waals surface area contributed by atoms with Crippen molar-refractivity contribution in [1.29, 1.82) is 0 Å². The summed E-state index contributed by atoms with van der Waals surface area (Å²) >= 11 is 1.95. The SMILES string of the molecule is COc1ccccc1CC(=O)C1CCOC2(CCSC2)C1. The van der Waals surface area contributed by atoms with E-state index in [0.29, 0.717) is 12.2 Å². The van der Waals surface area contributed by atoms with Crippen molar-refractivity contribution in [3.8, 4) is 5.75 Å². The lowest BCUT2D eigenvalue weighted by Gasteiger charge is -2.37. The predicted octanol–water partition coefficient (Wildman–Crippen LogP) is 3.11. The van der Waals surface area contributed by atoms with E-state index in [0.717, 1.165) is 48.7 Å². The number of hydrogen-bond acceptors (Lipinski definition) is 4. The van der Waals surface area contributed by atoms with Gasteiger partial charge in [0.25, 0.3) is 0 Å². The molecule has 0 bridgehead atoms. The minimum absolute atomic E-state index is 0.0238. The van der Waals surface area contributed by atoms with Gasteiger partial charge in [0, 0.05) is 30.3 Å². The highest BCUT2D eigenvalue weighted by atomic mass is 32.2. The van der Waals surface area contributed by atoms with E-state index >= 15 is 0 Å². The first-order valence-electron chi connectivity index (χ1n) is 7.59. The minimum Gasteiger partial charge on any atom is -0.496 e. The van der Waals surface area contributed by atoms with Crippen LogP contribution in [-0.4, -0.2) is 36.6 Å². The lowest BCUT2D eigenvalue weighted by molar-refractivity contribution is -0.133. The maximum atomic E-state index is 12.7. The highest BCUT2D eigenvalue weighted by molar-refractivity contribution is 7.99. The maximum absolute atomic E-state index is 12.7. The molecule has 1 spiro atoms. The molecule has 21 heavy (non-hydrogen) atoms. The Balaban J connectivity index is 1.67. The van der Waals surface area contributed by atoms with Gasteiger partial charge in [0.05, 0.1) is 12.7 Å². The van der Waals surface area contributed by atoms with Gasteiger partial charge in [-0.2, -0.15) is 11.8 Å². The summed E-state index contributed by atoms with van der Waals surface area (Å²) in [5, 5.41) is 0. The molecule has 2 fully saturated rings. The van der Waals surface area contributed by atoms with Gasteiger partial charge >= 0.3 is 0 Å². The van der Waals surface area contributed by atoms with Crippen molar-refractivity contribution >= 4 is 17.5 Å². The Morgan fingerprint density at radius 3 is 3.10 bits per heavy atom. The minimum atomic E-state index is -0.0238. The van der Waals surface area contributed by atoms with Crippen molar-refractivity contribution in [2.75, 3.05) is 25.2 Å². The van der Waals surface area contributed by atoms with E-state index < -0.39 is 0 Å². The zero-order valence-electron chi connectivity index (χ0n) is 12.5. The standard InChI is InChI=1S/C17H22O3S/c1-19-16-5-3-2-4-13(16)10-15(18)14-6-8-20-17(11-14)7-9-21-12-17/h2-5,14H,6-12H2,1H3. The molecule has 1 aromatic rings. The van der Waals surface area contributed by atoms with E-state index in [1.807, 2.05) is 36.0 Å². The fraction of sp³-hybridized carbons (Fsp3) is 0.588. The summed E-state index contributed by atoms with van der Waals surface area (Å²) in [7, 11) is 1.66. The summed E-state index contributed by atoms with van der Waals surface area (Å²) in [6, 6.07) is 7.80. The van der Waals surface area contributed by atoms with E-state index in [-0.39, 0.29) is 11.5 Å². The van der Waals surface area contributed by atoms with Gasteiger partial charge in [-0.15, -0.1) is 0 Å². The molecule has 0 saturated carbocycles. The summed E-state index contributed by atoms with van der Waals surface area (Å²) in [4.78, 5) is 12.7. The van der Waals surface area contributed by atoms with Crippen LogP contribution in [0.2, 0.25) is 0 Å². The number of carbonyl (C=O) groups is 1. The van der Waals surface area contributed by atoms with Gasteiger partial charge in [0.2, 0.25) is 0 Å². The quantitative estimate of drug-likeness (QED) is 0.856. The number of rotatable bonds is 4. The van der Waals surface area contributed by atoms with Crippen LogP contribution in [0.1, 0.15) is 24.8 Å². The van der Waals surface area contributed by atoms with Crippen LogP contribution in [0.25, 0.3) is 0 Å². The molecular formula is C17H22O3S. The second-order valence-electron chi connectivity index (χ2n) is 5.98. The number of ether oxygens (including phenoxy) is 2. The monoisotopic (exact) mass is 306 g/mol. The molecule has 2 aliphatic heterocycles. The van der Waals surface area contributed by atoms with E-state index in [1.54, 1.807) is 7.11 Å². The summed E-state index contributed by atoms with van der Waals surface area (Å²) in [6.07, 6.45) is 3.32. The van der Waals surface area contributed by atoms with Gasteiger partial charge in [-0.3, -0.25) is 4.79 Å². The normalized spacial score (nSPS) is 28.7. The van der Waals surface area contributed by atoms with E-state index in [4.69, 9.17) is 9.47 Å². The molecule has 2 saturated heterocycles. The van der Waals surface area contributed by atoms with Crippen LogP contribution in [0.4, 0.5) is 0 Å². The van der Waals surface area contributed by atoms with Crippen molar-refractivity contribution < 1.29 is 14.3 Å². The molecule has 0 amide bonds. The van der Waals surface area contributed by atoms with Crippen LogP contribution in [0, 0.1) is 5.92 Å². The number of methoxy groups -OCH3 is 1. The zero-order valence-corrected chi connectivity index (χ0v) is 13.3.